The molecule has 0 bridgehead atoms. The Morgan fingerprint density at radius 1 is 0.970 bits per heavy atom. The Labute approximate surface area is 198 Å². The van der Waals surface area contributed by atoms with Gasteiger partial charge in [0, 0.05) is 52.4 Å². The van der Waals surface area contributed by atoms with Crippen LogP contribution in [0.1, 0.15) is 27.2 Å². The Hall–Kier alpha value is -3.25. The van der Waals surface area contributed by atoms with E-state index in [1.165, 1.54) is 29.0 Å². The van der Waals surface area contributed by atoms with Crippen LogP contribution in [-0.4, -0.2) is 31.8 Å². The van der Waals surface area contributed by atoms with Crippen LogP contribution in [-0.2, 0) is 5.54 Å². The van der Waals surface area contributed by atoms with Crippen LogP contribution in [0.5, 0.6) is 0 Å². The standard InChI is InChI=1S/C27H27N5S/c1-27(2,3)31-17-30-24-9-8-19(14-25(24)31)23-16-29-26-22(23)13-20(15-28-26)18-6-4-7-21(12-18)32-10-5-11-33-32/h4,6-9,12-17H,5,10-11H2,1-3H3,(H,28,29). The van der Waals surface area contributed by atoms with Gasteiger partial charge in [0.2, 0.25) is 0 Å². The van der Waals surface area contributed by atoms with E-state index in [1.807, 2.05) is 24.5 Å². The average molecular weight is 454 g/mol. The maximum atomic E-state index is 4.75. The second-order valence-corrected chi connectivity index (χ2v) is 10.8. The van der Waals surface area contributed by atoms with Gasteiger partial charge >= 0.3 is 0 Å². The third kappa shape index (κ3) is 3.59. The molecule has 0 unspecified atom stereocenters. The maximum absolute atomic E-state index is 4.75. The fourth-order valence-corrected chi connectivity index (χ4v) is 5.60. The molecule has 0 amide bonds. The Morgan fingerprint density at radius 3 is 2.70 bits per heavy atom. The molecule has 0 aliphatic carbocycles. The van der Waals surface area contributed by atoms with E-state index in [0.29, 0.717) is 0 Å². The van der Waals surface area contributed by atoms with E-state index in [1.54, 1.807) is 0 Å². The molecule has 5 aromatic rings. The SMILES string of the molecule is CC(C)(C)n1cnc2ccc(-c3c[nH]c4ncc(-c5cccc(N6CCCS6)c5)cc34)cc21. The first-order chi connectivity index (χ1) is 16.0. The molecule has 2 aromatic carbocycles. The van der Waals surface area contributed by atoms with Crippen molar-refractivity contribution >= 4 is 39.7 Å². The summed E-state index contributed by atoms with van der Waals surface area (Å²) in [5.41, 5.74) is 8.97. The number of nitrogens with one attached hydrogen (secondary N) is 1. The minimum Gasteiger partial charge on any atom is -0.346 e. The lowest BCUT2D eigenvalue weighted by Crippen LogP contribution is -2.20. The van der Waals surface area contributed by atoms with Crippen LogP contribution in [0.4, 0.5) is 5.69 Å². The van der Waals surface area contributed by atoms with Gasteiger partial charge < -0.3 is 13.9 Å². The zero-order chi connectivity index (χ0) is 22.6. The molecule has 3 aromatic heterocycles. The Kier molecular flexibility index (Phi) is 4.73. The highest BCUT2D eigenvalue weighted by Crippen LogP contribution is 2.35. The number of imidazole rings is 1. The molecule has 0 radical (unpaired) electrons. The van der Waals surface area contributed by atoms with Gasteiger partial charge in [-0.2, -0.15) is 0 Å². The van der Waals surface area contributed by atoms with Gasteiger partial charge in [-0.3, -0.25) is 0 Å². The number of fused-ring (bicyclic) bond motifs is 2. The number of hydrogen-bond donors (Lipinski definition) is 1. The van der Waals surface area contributed by atoms with Crippen molar-refractivity contribution in [2.24, 2.45) is 0 Å². The lowest BCUT2D eigenvalue weighted by Gasteiger charge is -2.21. The molecule has 1 aliphatic rings. The number of benzene rings is 2. The zero-order valence-corrected chi connectivity index (χ0v) is 20.0. The predicted molar refractivity (Wildman–Crippen MR) is 140 cm³/mol. The summed E-state index contributed by atoms with van der Waals surface area (Å²) in [5, 5.41) is 1.13. The van der Waals surface area contributed by atoms with Gasteiger partial charge in [0.1, 0.15) is 5.65 Å². The highest BCUT2D eigenvalue weighted by atomic mass is 32.2. The minimum atomic E-state index is -0.0268. The third-order valence-electron chi connectivity index (χ3n) is 6.33. The Balaban J connectivity index is 1.44. The molecule has 5 nitrogen and oxygen atoms in total. The first kappa shape index (κ1) is 20.4. The maximum Gasteiger partial charge on any atom is 0.137 e. The fourth-order valence-electron chi connectivity index (χ4n) is 4.60. The van der Waals surface area contributed by atoms with Gasteiger partial charge in [0.25, 0.3) is 0 Å². The lowest BCUT2D eigenvalue weighted by atomic mass is 10.0. The molecule has 1 saturated heterocycles. The molecular formula is C27H27N5S. The number of H-pyrrole nitrogens is 1. The van der Waals surface area contributed by atoms with E-state index in [9.17, 15) is 0 Å². The second-order valence-electron chi connectivity index (χ2n) is 9.65. The molecule has 1 fully saturated rings. The molecule has 4 heterocycles. The number of nitrogens with zero attached hydrogens (tertiary/aromatic N) is 4. The topological polar surface area (TPSA) is 49.7 Å². The van der Waals surface area contributed by atoms with Crippen molar-refractivity contribution < 1.29 is 0 Å². The van der Waals surface area contributed by atoms with Crippen molar-refractivity contribution in [3.8, 4) is 22.3 Å². The van der Waals surface area contributed by atoms with Crippen molar-refractivity contribution in [1.82, 2.24) is 19.5 Å². The first-order valence-corrected chi connectivity index (χ1v) is 12.4. The van der Waals surface area contributed by atoms with Gasteiger partial charge in [-0.1, -0.05) is 18.2 Å². The zero-order valence-electron chi connectivity index (χ0n) is 19.2. The van der Waals surface area contributed by atoms with Crippen molar-refractivity contribution in [1.29, 1.82) is 0 Å². The van der Waals surface area contributed by atoms with Crippen molar-refractivity contribution in [3.63, 3.8) is 0 Å². The molecule has 6 rings (SSSR count). The van der Waals surface area contributed by atoms with E-state index in [2.05, 4.69) is 94.3 Å². The summed E-state index contributed by atoms with van der Waals surface area (Å²) in [6, 6.07) is 17.6. The summed E-state index contributed by atoms with van der Waals surface area (Å²) < 4.78 is 4.64. The molecule has 0 spiro atoms. The highest BCUT2D eigenvalue weighted by Gasteiger charge is 2.18. The normalized spacial score (nSPS) is 14.6. The Morgan fingerprint density at radius 2 is 1.88 bits per heavy atom. The number of anilines is 1. The summed E-state index contributed by atoms with van der Waals surface area (Å²) in [5.74, 6) is 1.20. The van der Waals surface area contributed by atoms with E-state index in [4.69, 9.17) is 4.98 Å². The smallest absolute Gasteiger partial charge is 0.137 e. The largest absolute Gasteiger partial charge is 0.346 e. The van der Waals surface area contributed by atoms with Gasteiger partial charge in [0.05, 0.1) is 17.4 Å². The van der Waals surface area contributed by atoms with Crippen LogP contribution in [0.3, 0.4) is 0 Å². The first-order valence-electron chi connectivity index (χ1n) is 11.4. The molecular weight excluding hydrogens is 426 g/mol. The summed E-state index contributed by atoms with van der Waals surface area (Å²) in [6.07, 6.45) is 7.22. The van der Waals surface area contributed by atoms with Crippen molar-refractivity contribution in [2.75, 3.05) is 16.6 Å². The van der Waals surface area contributed by atoms with Crippen LogP contribution < -0.4 is 4.31 Å². The number of aromatic nitrogens is 4. The summed E-state index contributed by atoms with van der Waals surface area (Å²) in [6.45, 7) is 7.73. The van der Waals surface area contributed by atoms with Gasteiger partial charge in [0.15, 0.2) is 0 Å². The summed E-state index contributed by atoms with van der Waals surface area (Å²) in [4.78, 5) is 12.7. The highest BCUT2D eigenvalue weighted by molar-refractivity contribution is 8.00. The molecule has 166 valence electrons. The van der Waals surface area contributed by atoms with Gasteiger partial charge in [-0.15, -0.1) is 0 Å². The Bertz CT molecular complexity index is 1470. The average Bonchev–Trinajstić information content (AvgIpc) is 3.57. The summed E-state index contributed by atoms with van der Waals surface area (Å²) in [7, 11) is 0. The third-order valence-corrected chi connectivity index (χ3v) is 7.51. The van der Waals surface area contributed by atoms with Crippen LogP contribution in [0.25, 0.3) is 44.3 Å². The number of aromatic amines is 1. The molecule has 1 aliphatic heterocycles. The molecule has 1 N–H and O–H groups in total. The fraction of sp³-hybridized carbons (Fsp3) is 0.259. The van der Waals surface area contributed by atoms with Crippen molar-refractivity contribution in [2.45, 2.75) is 32.7 Å². The quantitative estimate of drug-likeness (QED) is 0.303. The van der Waals surface area contributed by atoms with Crippen LogP contribution in [0.15, 0.2) is 67.3 Å². The monoisotopic (exact) mass is 453 g/mol. The van der Waals surface area contributed by atoms with Gasteiger partial charge in [-0.05, 0) is 80.6 Å². The van der Waals surface area contributed by atoms with E-state index >= 15 is 0 Å². The van der Waals surface area contributed by atoms with Gasteiger partial charge in [-0.25, -0.2) is 9.97 Å². The molecule has 0 atom stereocenters. The predicted octanol–water partition coefficient (Wildman–Crippen LogP) is 6.86. The minimum absolute atomic E-state index is 0.0268. The van der Waals surface area contributed by atoms with Crippen LogP contribution in [0, 0.1) is 0 Å². The number of rotatable bonds is 3. The van der Waals surface area contributed by atoms with Crippen LogP contribution in [0.2, 0.25) is 0 Å². The molecule has 0 saturated carbocycles. The molecule has 33 heavy (non-hydrogen) atoms. The summed E-state index contributed by atoms with van der Waals surface area (Å²) >= 11 is 1.91. The lowest BCUT2D eigenvalue weighted by molar-refractivity contribution is 0.408. The number of pyridine rings is 1. The van der Waals surface area contributed by atoms with E-state index < -0.39 is 0 Å². The molecule has 6 heteroatoms. The van der Waals surface area contributed by atoms with E-state index in [-0.39, 0.29) is 5.54 Å². The van der Waals surface area contributed by atoms with E-state index in [0.717, 1.165) is 39.7 Å². The van der Waals surface area contributed by atoms with Crippen molar-refractivity contribution in [3.05, 3.63) is 67.3 Å². The number of hydrogen-bond acceptors (Lipinski definition) is 4. The van der Waals surface area contributed by atoms with Crippen LogP contribution >= 0.6 is 11.9 Å². The second kappa shape index (κ2) is 7.66.